The molecule has 0 saturated carbocycles. The normalized spacial score (nSPS) is 10.8. The zero-order valence-electron chi connectivity index (χ0n) is 12.6. The Morgan fingerprint density at radius 1 is 0.917 bits per heavy atom. The number of hydrogen-bond acceptors (Lipinski definition) is 4. The molecule has 5 heteroatoms. The fraction of sp³-hybridized carbons (Fsp3) is 0. The number of fused-ring (bicyclic) bond motifs is 3. The first-order valence-corrected chi connectivity index (χ1v) is 7.46. The van der Waals surface area contributed by atoms with Crippen molar-refractivity contribution in [2.75, 3.05) is 5.32 Å². The van der Waals surface area contributed by atoms with Crippen molar-refractivity contribution < 1.29 is 9.90 Å². The first-order chi connectivity index (χ1) is 11.7. The number of rotatable bonds is 3. The third-order valence-corrected chi connectivity index (χ3v) is 3.89. The second-order valence-electron chi connectivity index (χ2n) is 5.38. The predicted molar refractivity (Wildman–Crippen MR) is 93.7 cm³/mol. The van der Waals surface area contributed by atoms with Gasteiger partial charge in [-0.15, -0.1) is 0 Å². The molecule has 0 radical (unpaired) electrons. The van der Waals surface area contributed by atoms with Crippen LogP contribution in [0.15, 0.2) is 67.0 Å². The quantitative estimate of drug-likeness (QED) is 0.553. The Morgan fingerprint density at radius 2 is 1.75 bits per heavy atom. The van der Waals surface area contributed by atoms with Gasteiger partial charge in [-0.2, -0.15) is 0 Å². The summed E-state index contributed by atoms with van der Waals surface area (Å²) in [6.07, 6.45) is 3.44. The molecule has 2 N–H and O–H groups in total. The van der Waals surface area contributed by atoms with Crippen LogP contribution in [0.25, 0.3) is 21.7 Å². The molecule has 0 saturated heterocycles. The van der Waals surface area contributed by atoms with E-state index in [-0.39, 0.29) is 5.56 Å². The van der Waals surface area contributed by atoms with Crippen LogP contribution in [0.2, 0.25) is 0 Å². The van der Waals surface area contributed by atoms with Crippen LogP contribution in [0.5, 0.6) is 0 Å². The fourth-order valence-corrected chi connectivity index (χ4v) is 2.79. The number of aromatic nitrogens is 2. The van der Waals surface area contributed by atoms with Gasteiger partial charge in [-0.3, -0.25) is 4.98 Å². The number of para-hydroxylation sites is 2. The summed E-state index contributed by atoms with van der Waals surface area (Å²) in [7, 11) is 0. The summed E-state index contributed by atoms with van der Waals surface area (Å²) in [5, 5.41) is 15.3. The van der Waals surface area contributed by atoms with E-state index in [1.54, 1.807) is 24.5 Å². The van der Waals surface area contributed by atoms with Gasteiger partial charge in [0.2, 0.25) is 0 Å². The Bertz CT molecular complexity index is 1060. The number of carboxylic acids is 1. The molecular weight excluding hydrogens is 302 g/mol. The minimum absolute atomic E-state index is 0.175. The van der Waals surface area contributed by atoms with Crippen molar-refractivity contribution >= 4 is 39.1 Å². The minimum atomic E-state index is -0.998. The highest BCUT2D eigenvalue weighted by atomic mass is 16.4. The summed E-state index contributed by atoms with van der Waals surface area (Å²) in [5.41, 5.74) is 1.51. The molecule has 0 unspecified atom stereocenters. The van der Waals surface area contributed by atoms with E-state index in [2.05, 4.69) is 15.3 Å². The molecule has 2 aromatic heterocycles. The Morgan fingerprint density at radius 3 is 2.54 bits per heavy atom. The highest BCUT2D eigenvalue weighted by Crippen LogP contribution is 2.31. The van der Waals surface area contributed by atoms with E-state index in [1.807, 2.05) is 42.5 Å². The monoisotopic (exact) mass is 315 g/mol. The minimum Gasteiger partial charge on any atom is -0.478 e. The number of hydrogen-bond donors (Lipinski definition) is 2. The summed E-state index contributed by atoms with van der Waals surface area (Å²) >= 11 is 0. The van der Waals surface area contributed by atoms with Crippen LogP contribution < -0.4 is 5.32 Å². The summed E-state index contributed by atoms with van der Waals surface area (Å²) < 4.78 is 0. The van der Waals surface area contributed by atoms with Crippen molar-refractivity contribution in [3.8, 4) is 0 Å². The lowest BCUT2D eigenvalue weighted by atomic mass is 10.0. The molecule has 4 aromatic rings. The Labute approximate surface area is 137 Å². The highest BCUT2D eigenvalue weighted by Gasteiger charge is 2.14. The first kappa shape index (κ1) is 14.1. The third kappa shape index (κ3) is 2.32. The number of carbonyl (C=O) groups is 1. The highest BCUT2D eigenvalue weighted by molar-refractivity contribution is 6.14. The molecule has 0 aliphatic rings. The van der Waals surface area contributed by atoms with Gasteiger partial charge in [-0.1, -0.05) is 30.3 Å². The average Bonchev–Trinajstić information content (AvgIpc) is 2.62. The third-order valence-electron chi connectivity index (χ3n) is 3.89. The molecule has 0 fully saturated rings. The molecule has 0 amide bonds. The maximum Gasteiger partial charge on any atom is 0.337 e. The number of aromatic carboxylic acids is 1. The van der Waals surface area contributed by atoms with Gasteiger partial charge in [0, 0.05) is 34.2 Å². The Hall–Kier alpha value is -3.47. The lowest BCUT2D eigenvalue weighted by molar-refractivity contribution is 0.0699. The lowest BCUT2D eigenvalue weighted by Crippen LogP contribution is -2.02. The molecule has 0 spiro atoms. The summed E-state index contributed by atoms with van der Waals surface area (Å²) in [4.78, 5) is 20.3. The van der Waals surface area contributed by atoms with Crippen LogP contribution in [-0.2, 0) is 0 Å². The van der Waals surface area contributed by atoms with Crippen molar-refractivity contribution in [2.45, 2.75) is 0 Å². The largest absolute Gasteiger partial charge is 0.478 e. The smallest absolute Gasteiger partial charge is 0.337 e. The van der Waals surface area contributed by atoms with Gasteiger partial charge in [0.05, 0.1) is 11.1 Å². The van der Waals surface area contributed by atoms with E-state index < -0.39 is 5.97 Å². The van der Waals surface area contributed by atoms with E-state index in [0.717, 1.165) is 21.8 Å². The van der Waals surface area contributed by atoms with Gasteiger partial charge in [-0.25, -0.2) is 9.78 Å². The zero-order valence-corrected chi connectivity index (χ0v) is 12.6. The number of anilines is 2. The number of pyridine rings is 2. The second kappa shape index (κ2) is 5.62. The van der Waals surface area contributed by atoms with Crippen LogP contribution in [0, 0.1) is 0 Å². The first-order valence-electron chi connectivity index (χ1n) is 7.46. The molecular formula is C19H13N3O2. The summed E-state index contributed by atoms with van der Waals surface area (Å²) in [6.45, 7) is 0. The Kier molecular flexibility index (Phi) is 3.31. The second-order valence-corrected chi connectivity index (χ2v) is 5.38. The van der Waals surface area contributed by atoms with Gasteiger partial charge in [-0.05, 0) is 24.3 Å². The van der Waals surface area contributed by atoms with Gasteiger partial charge in [0.1, 0.15) is 5.82 Å². The zero-order chi connectivity index (χ0) is 16.5. The number of benzene rings is 2. The molecule has 4 rings (SSSR count). The SMILES string of the molecule is O=C(O)c1cccc2c1nc(Nc1ccccc1)c1ccncc12. The van der Waals surface area contributed by atoms with Gasteiger partial charge >= 0.3 is 5.97 Å². The van der Waals surface area contributed by atoms with E-state index in [0.29, 0.717) is 11.3 Å². The van der Waals surface area contributed by atoms with Crippen LogP contribution in [0.4, 0.5) is 11.5 Å². The van der Waals surface area contributed by atoms with E-state index in [1.165, 1.54) is 0 Å². The van der Waals surface area contributed by atoms with Crippen molar-refractivity contribution in [1.82, 2.24) is 9.97 Å². The van der Waals surface area contributed by atoms with Crippen molar-refractivity contribution in [1.29, 1.82) is 0 Å². The summed E-state index contributed by atoms with van der Waals surface area (Å²) in [5.74, 6) is -0.387. The molecule has 0 bridgehead atoms. The number of nitrogens with zero attached hydrogens (tertiary/aromatic N) is 2. The van der Waals surface area contributed by atoms with Crippen molar-refractivity contribution in [3.63, 3.8) is 0 Å². The average molecular weight is 315 g/mol. The lowest BCUT2D eigenvalue weighted by Gasteiger charge is -2.12. The number of nitrogens with one attached hydrogen (secondary N) is 1. The predicted octanol–water partition coefficient (Wildman–Crippen LogP) is 4.22. The molecule has 2 heterocycles. The van der Waals surface area contributed by atoms with E-state index >= 15 is 0 Å². The van der Waals surface area contributed by atoms with Crippen LogP contribution in [0.1, 0.15) is 10.4 Å². The van der Waals surface area contributed by atoms with Crippen molar-refractivity contribution in [3.05, 3.63) is 72.6 Å². The standard InChI is InChI=1S/C19H13N3O2/c23-19(24)15-8-4-7-13-16-11-20-10-9-14(16)18(22-17(13)15)21-12-5-2-1-3-6-12/h1-11H,(H,21,22)(H,23,24). The Balaban J connectivity index is 2.04. The van der Waals surface area contributed by atoms with E-state index in [9.17, 15) is 9.90 Å². The fourth-order valence-electron chi connectivity index (χ4n) is 2.79. The maximum absolute atomic E-state index is 11.5. The number of carboxylic acid groups (broad SMARTS) is 1. The molecule has 2 aromatic carbocycles. The molecule has 0 aliphatic carbocycles. The summed E-state index contributed by atoms with van der Waals surface area (Å²) in [6, 6.07) is 16.7. The van der Waals surface area contributed by atoms with Crippen LogP contribution in [-0.4, -0.2) is 21.0 Å². The van der Waals surface area contributed by atoms with Gasteiger partial charge < -0.3 is 10.4 Å². The maximum atomic E-state index is 11.5. The molecule has 5 nitrogen and oxygen atoms in total. The topological polar surface area (TPSA) is 75.1 Å². The van der Waals surface area contributed by atoms with Gasteiger partial charge in [0.15, 0.2) is 0 Å². The molecule has 116 valence electrons. The van der Waals surface area contributed by atoms with Gasteiger partial charge in [0.25, 0.3) is 0 Å². The van der Waals surface area contributed by atoms with Crippen LogP contribution in [0.3, 0.4) is 0 Å². The molecule has 0 aliphatic heterocycles. The molecule has 0 atom stereocenters. The van der Waals surface area contributed by atoms with Crippen LogP contribution >= 0.6 is 0 Å². The van der Waals surface area contributed by atoms with Crippen molar-refractivity contribution in [2.24, 2.45) is 0 Å². The molecule has 24 heavy (non-hydrogen) atoms. The van der Waals surface area contributed by atoms with E-state index in [4.69, 9.17) is 0 Å².